The Bertz CT molecular complexity index is 615. The van der Waals surface area contributed by atoms with Gasteiger partial charge in [0.05, 0.1) is 18.4 Å². The lowest BCUT2D eigenvalue weighted by atomic mass is 9.93. The van der Waals surface area contributed by atoms with Crippen LogP contribution in [0.25, 0.3) is 0 Å². The van der Waals surface area contributed by atoms with E-state index in [4.69, 9.17) is 9.15 Å². The van der Waals surface area contributed by atoms with Gasteiger partial charge in [0.15, 0.2) is 0 Å². The van der Waals surface area contributed by atoms with Crippen LogP contribution in [-0.4, -0.2) is 6.10 Å². The van der Waals surface area contributed by atoms with Crippen molar-refractivity contribution in [2.24, 2.45) is 0 Å². The van der Waals surface area contributed by atoms with E-state index in [-0.39, 0.29) is 6.10 Å². The number of hydrogen-bond acceptors (Lipinski definition) is 3. The lowest BCUT2D eigenvalue weighted by Crippen LogP contribution is -2.16. The molecule has 21 heavy (non-hydrogen) atoms. The molecule has 3 rings (SSSR count). The van der Waals surface area contributed by atoms with Gasteiger partial charge in [-0.15, -0.1) is 0 Å². The molecule has 112 valence electrons. The Morgan fingerprint density at radius 1 is 1.29 bits per heavy atom. The number of nitrogens with one attached hydrogen (secondary N) is 1. The van der Waals surface area contributed by atoms with Crippen LogP contribution in [0.5, 0.6) is 5.75 Å². The Labute approximate surface area is 126 Å². The second-order valence-electron chi connectivity index (χ2n) is 6.03. The molecule has 3 heteroatoms. The van der Waals surface area contributed by atoms with Gasteiger partial charge in [-0.3, -0.25) is 0 Å². The third-order valence-corrected chi connectivity index (χ3v) is 3.95. The molecule has 0 amide bonds. The van der Waals surface area contributed by atoms with E-state index in [2.05, 4.69) is 30.4 Å². The summed E-state index contributed by atoms with van der Waals surface area (Å²) in [5, 5.41) is 3.66. The standard InChI is InChI=1S/C18H23NO2/c1-12(2)21-14-7-8-16(13(3)11-14)19-17-5-4-6-18-15(17)9-10-20-18/h7-12,17,19H,4-6H2,1-3H3. The Morgan fingerprint density at radius 2 is 2.14 bits per heavy atom. The molecular formula is C18H23NO2. The lowest BCUT2D eigenvalue weighted by Gasteiger charge is -2.25. The molecule has 0 aliphatic heterocycles. The van der Waals surface area contributed by atoms with E-state index in [1.165, 1.54) is 23.2 Å². The van der Waals surface area contributed by atoms with Gasteiger partial charge in [0, 0.05) is 17.7 Å². The molecule has 1 aliphatic rings. The maximum atomic E-state index is 5.74. The highest BCUT2D eigenvalue weighted by Crippen LogP contribution is 2.34. The van der Waals surface area contributed by atoms with Crippen LogP contribution in [0.15, 0.2) is 34.9 Å². The molecule has 0 saturated heterocycles. The summed E-state index contributed by atoms with van der Waals surface area (Å²) in [6.45, 7) is 6.21. The Kier molecular flexibility index (Phi) is 3.91. The summed E-state index contributed by atoms with van der Waals surface area (Å²) in [7, 11) is 0. The zero-order valence-corrected chi connectivity index (χ0v) is 13.0. The summed E-state index contributed by atoms with van der Waals surface area (Å²) in [6.07, 6.45) is 5.38. The number of fused-ring (bicyclic) bond motifs is 1. The molecule has 0 saturated carbocycles. The third-order valence-electron chi connectivity index (χ3n) is 3.95. The minimum absolute atomic E-state index is 0.204. The molecule has 1 N–H and O–H groups in total. The van der Waals surface area contributed by atoms with Crippen LogP contribution >= 0.6 is 0 Å². The first-order valence-electron chi connectivity index (χ1n) is 7.73. The fourth-order valence-corrected chi connectivity index (χ4v) is 2.97. The van der Waals surface area contributed by atoms with Gasteiger partial charge in [-0.2, -0.15) is 0 Å². The summed E-state index contributed by atoms with van der Waals surface area (Å²) < 4.78 is 11.3. The quantitative estimate of drug-likeness (QED) is 0.870. The van der Waals surface area contributed by atoms with Crippen molar-refractivity contribution in [3.63, 3.8) is 0 Å². The van der Waals surface area contributed by atoms with Crippen molar-refractivity contribution in [3.8, 4) is 5.75 Å². The van der Waals surface area contributed by atoms with Crippen LogP contribution in [0.1, 0.15) is 49.6 Å². The lowest BCUT2D eigenvalue weighted by molar-refractivity contribution is 0.242. The fraction of sp³-hybridized carbons (Fsp3) is 0.444. The monoisotopic (exact) mass is 285 g/mol. The predicted octanol–water partition coefficient (Wildman–Crippen LogP) is 4.86. The van der Waals surface area contributed by atoms with E-state index < -0.39 is 0 Å². The van der Waals surface area contributed by atoms with E-state index in [9.17, 15) is 0 Å². The largest absolute Gasteiger partial charge is 0.491 e. The normalized spacial score (nSPS) is 17.6. The first kappa shape index (κ1) is 14.1. The van der Waals surface area contributed by atoms with E-state index in [1.54, 1.807) is 6.26 Å². The summed E-state index contributed by atoms with van der Waals surface area (Å²) in [5.74, 6) is 2.07. The van der Waals surface area contributed by atoms with E-state index in [0.29, 0.717) is 6.04 Å². The first-order chi connectivity index (χ1) is 10.1. The molecule has 3 nitrogen and oxygen atoms in total. The van der Waals surface area contributed by atoms with Crippen molar-refractivity contribution in [1.29, 1.82) is 0 Å². The second-order valence-corrected chi connectivity index (χ2v) is 6.03. The molecule has 0 fully saturated rings. The number of anilines is 1. The Morgan fingerprint density at radius 3 is 2.90 bits per heavy atom. The third kappa shape index (κ3) is 3.07. The molecule has 0 spiro atoms. The Hall–Kier alpha value is -1.90. The number of furan rings is 1. The minimum Gasteiger partial charge on any atom is -0.491 e. The van der Waals surface area contributed by atoms with Gasteiger partial charge in [-0.1, -0.05) is 0 Å². The summed E-state index contributed by atoms with van der Waals surface area (Å²) in [5.41, 5.74) is 3.69. The molecule has 2 aromatic rings. The van der Waals surface area contributed by atoms with Crippen LogP contribution in [-0.2, 0) is 6.42 Å². The molecule has 1 aromatic heterocycles. The molecule has 1 aromatic carbocycles. The highest BCUT2D eigenvalue weighted by atomic mass is 16.5. The van der Waals surface area contributed by atoms with Crippen molar-refractivity contribution >= 4 is 5.69 Å². The maximum Gasteiger partial charge on any atom is 0.120 e. The van der Waals surface area contributed by atoms with Crippen molar-refractivity contribution in [2.45, 2.75) is 52.2 Å². The number of hydrogen-bond donors (Lipinski definition) is 1. The zero-order chi connectivity index (χ0) is 14.8. The summed E-state index contributed by atoms with van der Waals surface area (Å²) in [4.78, 5) is 0. The van der Waals surface area contributed by atoms with Crippen molar-refractivity contribution in [1.82, 2.24) is 0 Å². The van der Waals surface area contributed by atoms with E-state index >= 15 is 0 Å². The average Bonchev–Trinajstić information content (AvgIpc) is 2.90. The van der Waals surface area contributed by atoms with Gasteiger partial charge in [-0.05, 0) is 63.4 Å². The summed E-state index contributed by atoms with van der Waals surface area (Å²) >= 11 is 0. The number of benzene rings is 1. The molecule has 1 unspecified atom stereocenters. The van der Waals surface area contributed by atoms with Gasteiger partial charge in [0.1, 0.15) is 11.5 Å². The molecule has 1 heterocycles. The van der Waals surface area contributed by atoms with Crippen LogP contribution in [0.4, 0.5) is 5.69 Å². The number of ether oxygens (including phenoxy) is 1. The number of aryl methyl sites for hydroxylation is 2. The van der Waals surface area contributed by atoms with Gasteiger partial charge < -0.3 is 14.5 Å². The highest BCUT2D eigenvalue weighted by molar-refractivity contribution is 5.55. The van der Waals surface area contributed by atoms with Crippen LogP contribution in [0.2, 0.25) is 0 Å². The van der Waals surface area contributed by atoms with E-state index in [1.807, 2.05) is 19.9 Å². The summed E-state index contributed by atoms with van der Waals surface area (Å²) in [6, 6.07) is 8.69. The fourth-order valence-electron chi connectivity index (χ4n) is 2.97. The molecule has 1 aliphatic carbocycles. The predicted molar refractivity (Wildman–Crippen MR) is 85.0 cm³/mol. The minimum atomic E-state index is 0.204. The Balaban J connectivity index is 1.77. The second kappa shape index (κ2) is 5.84. The van der Waals surface area contributed by atoms with Crippen molar-refractivity contribution < 1.29 is 9.15 Å². The maximum absolute atomic E-state index is 5.74. The van der Waals surface area contributed by atoms with Crippen LogP contribution in [0, 0.1) is 6.92 Å². The van der Waals surface area contributed by atoms with Crippen molar-refractivity contribution in [3.05, 3.63) is 47.4 Å². The van der Waals surface area contributed by atoms with Crippen molar-refractivity contribution in [2.75, 3.05) is 5.32 Å². The molecule has 0 radical (unpaired) electrons. The van der Waals surface area contributed by atoms with Crippen LogP contribution < -0.4 is 10.1 Å². The molecule has 1 atom stereocenters. The smallest absolute Gasteiger partial charge is 0.120 e. The van der Waals surface area contributed by atoms with Gasteiger partial charge in [0.25, 0.3) is 0 Å². The zero-order valence-electron chi connectivity index (χ0n) is 13.0. The van der Waals surface area contributed by atoms with E-state index in [0.717, 1.165) is 24.4 Å². The van der Waals surface area contributed by atoms with Crippen LogP contribution in [0.3, 0.4) is 0 Å². The van der Waals surface area contributed by atoms with Gasteiger partial charge >= 0.3 is 0 Å². The number of rotatable bonds is 4. The van der Waals surface area contributed by atoms with Gasteiger partial charge in [0.2, 0.25) is 0 Å². The topological polar surface area (TPSA) is 34.4 Å². The molecular weight excluding hydrogens is 262 g/mol. The molecule has 0 bridgehead atoms. The average molecular weight is 285 g/mol. The SMILES string of the molecule is Cc1cc(OC(C)C)ccc1NC1CCCc2occc21. The highest BCUT2D eigenvalue weighted by Gasteiger charge is 2.22. The van der Waals surface area contributed by atoms with Gasteiger partial charge in [-0.25, -0.2) is 0 Å². The first-order valence-corrected chi connectivity index (χ1v) is 7.73.